The highest BCUT2D eigenvalue weighted by Gasteiger charge is 2.26. The number of unbranched alkanes of at least 4 members (excludes halogenated alkanes) is 46. The Bertz CT molecular complexity index is 925. The number of hydrogen-bond donors (Lipinski definition) is 4. The van der Waals surface area contributed by atoms with Crippen molar-refractivity contribution in [1.82, 2.24) is 5.32 Å². The zero-order chi connectivity index (χ0) is 47.2. The average Bonchev–Trinajstić information content (AvgIpc) is 3.31. The molecule has 0 saturated heterocycles. The first-order valence-electron chi connectivity index (χ1n) is 30.0. The maximum atomic E-state index is 12.5. The summed E-state index contributed by atoms with van der Waals surface area (Å²) in [5.41, 5.74) is 0. The number of rotatable bonds is 56. The molecular formula is C60H119NO4. The molecule has 4 N–H and O–H groups in total. The minimum Gasteiger partial charge on any atom is -0.394 e. The number of nitrogens with one attached hydrogen (secondary N) is 1. The van der Waals surface area contributed by atoms with Crippen LogP contribution in [0.15, 0.2) is 12.2 Å². The molecule has 0 heterocycles. The molecule has 0 radical (unpaired) electrons. The molecule has 0 aromatic heterocycles. The maximum absolute atomic E-state index is 12.5. The number of carbonyl (C=O) groups is 1. The summed E-state index contributed by atoms with van der Waals surface area (Å²) in [4.78, 5) is 12.5. The Morgan fingerprint density at radius 2 is 0.615 bits per heavy atom. The van der Waals surface area contributed by atoms with Gasteiger partial charge in [0.1, 0.15) is 6.10 Å². The molecule has 0 aliphatic heterocycles. The van der Waals surface area contributed by atoms with Gasteiger partial charge in [0.05, 0.1) is 18.8 Å². The molecule has 388 valence electrons. The molecule has 1 amide bonds. The number of aliphatic hydroxyl groups excluding tert-OH is 3. The first-order chi connectivity index (χ1) is 32.1. The Morgan fingerprint density at radius 1 is 0.369 bits per heavy atom. The van der Waals surface area contributed by atoms with Crippen LogP contribution >= 0.6 is 0 Å². The minimum atomic E-state index is -1.16. The first-order valence-corrected chi connectivity index (χ1v) is 30.0. The number of hydrogen-bond acceptors (Lipinski definition) is 4. The van der Waals surface area contributed by atoms with E-state index in [0.29, 0.717) is 12.8 Å². The molecule has 65 heavy (non-hydrogen) atoms. The lowest BCUT2D eigenvalue weighted by molar-refractivity contribution is -0.124. The molecule has 5 nitrogen and oxygen atoms in total. The van der Waals surface area contributed by atoms with Gasteiger partial charge in [-0.2, -0.15) is 0 Å². The molecule has 0 saturated carbocycles. The van der Waals surface area contributed by atoms with E-state index in [0.717, 1.165) is 38.5 Å². The van der Waals surface area contributed by atoms with Gasteiger partial charge >= 0.3 is 0 Å². The smallest absolute Gasteiger partial charge is 0.220 e. The lowest BCUT2D eigenvalue weighted by Gasteiger charge is -2.26. The second-order valence-electron chi connectivity index (χ2n) is 20.9. The van der Waals surface area contributed by atoms with Crippen LogP contribution in [0.5, 0.6) is 0 Å². The SMILES string of the molecule is CCCCCCCCCCCCCCC/C=C/CCCC(O)C(O)C(CO)NC(=O)CCCCCCCCCCCCCCCCCCCCCCCCCCCCCCCCCCC. The van der Waals surface area contributed by atoms with Crippen molar-refractivity contribution in [2.75, 3.05) is 6.61 Å². The topological polar surface area (TPSA) is 89.8 Å². The molecule has 5 heteroatoms. The first kappa shape index (κ1) is 64.1. The molecule has 0 aromatic carbocycles. The molecule has 0 aromatic rings. The van der Waals surface area contributed by atoms with Gasteiger partial charge in [-0.05, 0) is 38.5 Å². The Balaban J connectivity index is 3.47. The highest BCUT2D eigenvalue weighted by atomic mass is 16.3. The zero-order valence-electron chi connectivity index (χ0n) is 44.4. The van der Waals surface area contributed by atoms with Gasteiger partial charge < -0.3 is 20.6 Å². The average molecular weight is 919 g/mol. The van der Waals surface area contributed by atoms with Crippen molar-refractivity contribution >= 4 is 5.91 Å². The Kier molecular flexibility index (Phi) is 54.9. The van der Waals surface area contributed by atoms with E-state index < -0.39 is 18.2 Å². The van der Waals surface area contributed by atoms with Crippen LogP contribution in [0.4, 0.5) is 0 Å². The fourth-order valence-corrected chi connectivity index (χ4v) is 9.76. The summed E-state index contributed by atoms with van der Waals surface area (Å²) in [6.07, 6.45) is 69.7. The van der Waals surface area contributed by atoms with Crippen LogP contribution in [0.3, 0.4) is 0 Å². The van der Waals surface area contributed by atoms with E-state index in [1.807, 2.05) is 0 Å². The second kappa shape index (κ2) is 55.7. The molecule has 0 bridgehead atoms. The standard InChI is InChI=1S/C60H119NO4/c1-3-5-7-9-11-13-15-17-19-21-23-24-25-26-27-28-29-30-31-32-33-34-35-36-37-39-41-43-45-47-49-51-53-55-59(64)61-57(56-62)60(65)58(63)54-52-50-48-46-44-42-40-38-22-20-18-16-14-12-10-8-6-4-2/h46,48,57-58,60,62-63,65H,3-45,47,49-56H2,1-2H3,(H,61,64)/b48-46+. The molecule has 0 fully saturated rings. The second-order valence-corrected chi connectivity index (χ2v) is 20.9. The number of allylic oxidation sites excluding steroid dienone is 2. The van der Waals surface area contributed by atoms with Crippen molar-refractivity contribution in [1.29, 1.82) is 0 Å². The summed E-state index contributed by atoms with van der Waals surface area (Å²) in [5, 5.41) is 33.7. The van der Waals surface area contributed by atoms with E-state index in [1.54, 1.807) is 0 Å². The van der Waals surface area contributed by atoms with Crippen LogP contribution < -0.4 is 5.32 Å². The molecule has 3 unspecified atom stereocenters. The van der Waals surface area contributed by atoms with Crippen LogP contribution in [0.1, 0.15) is 341 Å². The Labute approximate surface area is 408 Å². The quantitative estimate of drug-likeness (QED) is 0.0361. The minimum absolute atomic E-state index is 0.146. The van der Waals surface area contributed by atoms with Gasteiger partial charge in [-0.3, -0.25) is 4.79 Å². The van der Waals surface area contributed by atoms with Gasteiger partial charge in [0, 0.05) is 6.42 Å². The third-order valence-corrected chi connectivity index (χ3v) is 14.4. The van der Waals surface area contributed by atoms with Crippen LogP contribution in [-0.2, 0) is 4.79 Å². The number of carbonyl (C=O) groups excluding carboxylic acids is 1. The summed E-state index contributed by atoms with van der Waals surface area (Å²) in [7, 11) is 0. The van der Waals surface area contributed by atoms with E-state index in [9.17, 15) is 20.1 Å². The van der Waals surface area contributed by atoms with Gasteiger partial charge in [-0.15, -0.1) is 0 Å². The third-order valence-electron chi connectivity index (χ3n) is 14.4. The molecule has 3 atom stereocenters. The van der Waals surface area contributed by atoms with Crippen molar-refractivity contribution in [3.8, 4) is 0 Å². The number of amides is 1. The van der Waals surface area contributed by atoms with Crippen molar-refractivity contribution in [2.24, 2.45) is 0 Å². The zero-order valence-corrected chi connectivity index (χ0v) is 44.4. The molecular weight excluding hydrogens is 799 g/mol. The highest BCUT2D eigenvalue weighted by Crippen LogP contribution is 2.18. The van der Waals surface area contributed by atoms with Crippen LogP contribution in [0.25, 0.3) is 0 Å². The lowest BCUT2D eigenvalue weighted by Crippen LogP contribution is -2.50. The van der Waals surface area contributed by atoms with Crippen LogP contribution in [0.2, 0.25) is 0 Å². The number of aliphatic hydroxyl groups is 3. The lowest BCUT2D eigenvalue weighted by atomic mass is 10.0. The summed E-state index contributed by atoms with van der Waals surface area (Å²) in [5.74, 6) is -0.146. The molecule has 0 spiro atoms. The van der Waals surface area contributed by atoms with Crippen molar-refractivity contribution in [3.63, 3.8) is 0 Å². The third kappa shape index (κ3) is 50.8. The van der Waals surface area contributed by atoms with Crippen LogP contribution in [0, 0.1) is 0 Å². The van der Waals surface area contributed by atoms with E-state index in [1.165, 1.54) is 276 Å². The largest absolute Gasteiger partial charge is 0.394 e. The van der Waals surface area contributed by atoms with E-state index in [-0.39, 0.29) is 12.5 Å². The monoisotopic (exact) mass is 918 g/mol. The van der Waals surface area contributed by atoms with Gasteiger partial charge in [0.25, 0.3) is 0 Å². The van der Waals surface area contributed by atoms with Crippen molar-refractivity contribution in [3.05, 3.63) is 12.2 Å². The predicted octanol–water partition coefficient (Wildman–Crippen LogP) is 18.7. The highest BCUT2D eigenvalue weighted by molar-refractivity contribution is 5.76. The van der Waals surface area contributed by atoms with Gasteiger partial charge in [0.15, 0.2) is 0 Å². The van der Waals surface area contributed by atoms with Crippen LogP contribution in [-0.4, -0.2) is 46.1 Å². The fourth-order valence-electron chi connectivity index (χ4n) is 9.76. The molecule has 0 aliphatic rings. The summed E-state index contributed by atoms with van der Waals surface area (Å²) >= 11 is 0. The van der Waals surface area contributed by atoms with Gasteiger partial charge in [0.2, 0.25) is 5.91 Å². The predicted molar refractivity (Wildman–Crippen MR) is 287 cm³/mol. The molecule has 0 aliphatic carbocycles. The van der Waals surface area contributed by atoms with E-state index in [4.69, 9.17) is 0 Å². The molecule has 0 rings (SSSR count). The van der Waals surface area contributed by atoms with Gasteiger partial charge in [-0.1, -0.05) is 309 Å². The Morgan fingerprint density at radius 3 is 0.892 bits per heavy atom. The fraction of sp³-hybridized carbons (Fsp3) is 0.950. The maximum Gasteiger partial charge on any atom is 0.220 e. The van der Waals surface area contributed by atoms with Crippen molar-refractivity contribution < 1.29 is 20.1 Å². The summed E-state index contributed by atoms with van der Waals surface area (Å²) < 4.78 is 0. The van der Waals surface area contributed by atoms with E-state index >= 15 is 0 Å². The van der Waals surface area contributed by atoms with Gasteiger partial charge in [-0.25, -0.2) is 0 Å². The summed E-state index contributed by atoms with van der Waals surface area (Å²) in [6.45, 7) is 4.21. The van der Waals surface area contributed by atoms with Crippen molar-refractivity contribution in [2.45, 2.75) is 360 Å². The normalized spacial score (nSPS) is 13.2. The summed E-state index contributed by atoms with van der Waals surface area (Å²) in [6, 6.07) is -0.822. The Hall–Kier alpha value is -0.910. The van der Waals surface area contributed by atoms with E-state index in [2.05, 4.69) is 31.3 Å².